The van der Waals surface area contributed by atoms with Gasteiger partial charge in [0, 0.05) is 31.9 Å². The Kier molecular flexibility index (Phi) is 3.86. The Morgan fingerprint density at radius 3 is 3.04 bits per heavy atom. The van der Waals surface area contributed by atoms with Gasteiger partial charge in [-0.3, -0.25) is 9.48 Å². The highest BCUT2D eigenvalue weighted by Crippen LogP contribution is 2.31. The zero-order valence-corrected chi connectivity index (χ0v) is 14.5. The minimum absolute atomic E-state index is 0.0655. The van der Waals surface area contributed by atoms with E-state index in [1.165, 1.54) is 11.3 Å². The Bertz CT molecular complexity index is 985. The molecule has 1 fully saturated rings. The predicted octanol–water partition coefficient (Wildman–Crippen LogP) is 2.44. The van der Waals surface area contributed by atoms with Crippen LogP contribution in [0.25, 0.3) is 21.3 Å². The van der Waals surface area contributed by atoms with Crippen molar-refractivity contribution in [2.45, 2.75) is 6.42 Å². The normalized spacial score (nSPS) is 17.0. The second-order valence-corrected chi connectivity index (χ2v) is 7.16. The molecule has 1 aliphatic heterocycles. The lowest BCUT2D eigenvalue weighted by molar-refractivity contribution is -0.119. The van der Waals surface area contributed by atoms with Crippen molar-refractivity contribution in [2.24, 2.45) is 13.0 Å². The Morgan fingerprint density at radius 1 is 1.44 bits per heavy atom. The number of hydrogen-bond acceptors (Lipinski definition) is 6. The Labute approximate surface area is 148 Å². The van der Waals surface area contributed by atoms with Crippen molar-refractivity contribution in [1.82, 2.24) is 19.7 Å². The molecular formula is C17H16N6OS. The summed E-state index contributed by atoms with van der Waals surface area (Å²) in [6, 6.07) is 6.02. The van der Waals surface area contributed by atoms with Crippen LogP contribution in [0.2, 0.25) is 0 Å². The standard InChI is InChI=1S/C17H16N6OS/c1-22-8-13(7-19-22)11-2-3-14-15(6-11)25-17(20-14)21-16(24)12-4-5-23(9-12)10-18/h2-3,6-8,12H,4-5,9H2,1H3,(H,20,21,24)/t12-/m0/s1. The number of likely N-dealkylation sites (tertiary alicyclic amines) is 1. The van der Waals surface area contributed by atoms with Gasteiger partial charge in [-0.05, 0) is 24.1 Å². The fourth-order valence-corrected chi connectivity index (χ4v) is 3.91. The molecule has 0 spiro atoms. The summed E-state index contributed by atoms with van der Waals surface area (Å²) in [7, 11) is 1.89. The van der Waals surface area contributed by atoms with E-state index in [2.05, 4.69) is 27.7 Å². The molecule has 2 aromatic heterocycles. The number of carbonyl (C=O) groups is 1. The molecule has 0 aliphatic carbocycles. The number of fused-ring (bicyclic) bond motifs is 1. The first kappa shape index (κ1) is 15.6. The number of aryl methyl sites for hydroxylation is 1. The third kappa shape index (κ3) is 3.06. The molecule has 7 nitrogen and oxygen atoms in total. The van der Waals surface area contributed by atoms with Crippen molar-refractivity contribution < 1.29 is 4.79 Å². The molecule has 3 heterocycles. The second-order valence-electron chi connectivity index (χ2n) is 6.13. The molecule has 1 saturated heterocycles. The zero-order valence-electron chi connectivity index (χ0n) is 13.6. The lowest BCUT2D eigenvalue weighted by Crippen LogP contribution is -2.25. The van der Waals surface area contributed by atoms with E-state index >= 15 is 0 Å². The molecule has 25 heavy (non-hydrogen) atoms. The highest BCUT2D eigenvalue weighted by atomic mass is 32.1. The lowest BCUT2D eigenvalue weighted by atomic mass is 10.1. The van der Waals surface area contributed by atoms with E-state index in [9.17, 15) is 4.79 Å². The van der Waals surface area contributed by atoms with Crippen LogP contribution >= 0.6 is 11.3 Å². The summed E-state index contributed by atoms with van der Waals surface area (Å²) in [5, 5.41) is 16.6. The highest BCUT2D eigenvalue weighted by molar-refractivity contribution is 7.22. The van der Waals surface area contributed by atoms with Crippen molar-refractivity contribution in [2.75, 3.05) is 18.4 Å². The zero-order chi connectivity index (χ0) is 17.4. The largest absolute Gasteiger partial charge is 0.310 e. The van der Waals surface area contributed by atoms with Crippen LogP contribution in [0.1, 0.15) is 6.42 Å². The topological polar surface area (TPSA) is 86.8 Å². The van der Waals surface area contributed by atoms with Crippen molar-refractivity contribution in [3.05, 3.63) is 30.6 Å². The predicted molar refractivity (Wildman–Crippen MR) is 95.7 cm³/mol. The summed E-state index contributed by atoms with van der Waals surface area (Å²) in [6.45, 7) is 1.13. The van der Waals surface area contributed by atoms with Crippen LogP contribution in [0.15, 0.2) is 30.6 Å². The quantitative estimate of drug-likeness (QED) is 0.732. The van der Waals surface area contributed by atoms with Crippen LogP contribution < -0.4 is 5.32 Å². The first-order valence-electron chi connectivity index (χ1n) is 7.97. The molecule has 1 N–H and O–H groups in total. The number of hydrogen-bond donors (Lipinski definition) is 1. The molecule has 3 aromatic rings. The summed E-state index contributed by atoms with van der Waals surface area (Å²) >= 11 is 1.46. The Morgan fingerprint density at radius 2 is 2.32 bits per heavy atom. The van der Waals surface area contributed by atoms with E-state index in [0.717, 1.165) is 21.3 Å². The maximum atomic E-state index is 12.4. The van der Waals surface area contributed by atoms with E-state index in [1.807, 2.05) is 31.6 Å². The average Bonchev–Trinajstić information content (AvgIpc) is 3.32. The molecule has 0 radical (unpaired) electrons. The van der Waals surface area contributed by atoms with Gasteiger partial charge in [-0.1, -0.05) is 17.4 Å². The van der Waals surface area contributed by atoms with Crippen molar-refractivity contribution in [1.29, 1.82) is 5.26 Å². The van der Waals surface area contributed by atoms with E-state index in [0.29, 0.717) is 24.6 Å². The lowest BCUT2D eigenvalue weighted by Gasteiger charge is -2.08. The molecule has 1 atom stereocenters. The van der Waals surface area contributed by atoms with E-state index in [-0.39, 0.29) is 11.8 Å². The van der Waals surface area contributed by atoms with Gasteiger partial charge in [0.1, 0.15) is 0 Å². The van der Waals surface area contributed by atoms with Crippen molar-refractivity contribution in [3.63, 3.8) is 0 Å². The number of nitriles is 1. The van der Waals surface area contributed by atoms with Gasteiger partial charge in [0.15, 0.2) is 11.3 Å². The number of benzene rings is 1. The SMILES string of the molecule is Cn1cc(-c2ccc3nc(NC(=O)[C@H]4CCN(C#N)C4)sc3c2)cn1. The van der Waals surface area contributed by atoms with E-state index in [1.54, 1.807) is 9.58 Å². The van der Waals surface area contributed by atoms with Crippen LogP contribution in [-0.4, -0.2) is 38.7 Å². The van der Waals surface area contributed by atoms with Crippen molar-refractivity contribution in [3.8, 4) is 17.3 Å². The summed E-state index contributed by atoms with van der Waals surface area (Å²) < 4.78 is 2.78. The fourth-order valence-electron chi connectivity index (χ4n) is 3.00. The van der Waals surface area contributed by atoms with Gasteiger partial charge in [-0.15, -0.1) is 0 Å². The molecule has 0 bridgehead atoms. The third-order valence-electron chi connectivity index (χ3n) is 4.36. The maximum Gasteiger partial charge on any atom is 0.231 e. The van der Waals surface area contributed by atoms with Gasteiger partial charge in [0.2, 0.25) is 5.91 Å². The van der Waals surface area contributed by atoms with Gasteiger partial charge < -0.3 is 10.2 Å². The molecule has 8 heteroatoms. The molecule has 1 aliphatic rings. The van der Waals surface area contributed by atoms with Crippen LogP contribution in [0.4, 0.5) is 5.13 Å². The van der Waals surface area contributed by atoms with Gasteiger partial charge in [-0.25, -0.2) is 4.98 Å². The summed E-state index contributed by atoms with van der Waals surface area (Å²) in [5.41, 5.74) is 2.98. The molecule has 126 valence electrons. The number of aromatic nitrogens is 3. The number of nitrogens with one attached hydrogen (secondary N) is 1. The minimum atomic E-state index is -0.155. The van der Waals surface area contributed by atoms with Crippen LogP contribution in [0.5, 0.6) is 0 Å². The number of thiazole rings is 1. The summed E-state index contributed by atoms with van der Waals surface area (Å²) in [4.78, 5) is 18.5. The van der Waals surface area contributed by atoms with Crippen LogP contribution in [-0.2, 0) is 11.8 Å². The third-order valence-corrected chi connectivity index (χ3v) is 5.29. The van der Waals surface area contributed by atoms with E-state index < -0.39 is 0 Å². The maximum absolute atomic E-state index is 12.4. The second kappa shape index (κ2) is 6.18. The molecule has 4 rings (SSSR count). The molecule has 0 unspecified atom stereocenters. The smallest absolute Gasteiger partial charge is 0.231 e. The van der Waals surface area contributed by atoms with Crippen LogP contribution in [0, 0.1) is 17.4 Å². The first-order chi connectivity index (χ1) is 12.1. The monoisotopic (exact) mass is 352 g/mol. The summed E-state index contributed by atoms with van der Waals surface area (Å²) in [5.74, 6) is -0.220. The first-order valence-corrected chi connectivity index (χ1v) is 8.79. The highest BCUT2D eigenvalue weighted by Gasteiger charge is 2.28. The Hall–Kier alpha value is -2.92. The number of nitrogens with zero attached hydrogens (tertiary/aromatic N) is 5. The van der Waals surface area contributed by atoms with Gasteiger partial charge in [-0.2, -0.15) is 10.4 Å². The minimum Gasteiger partial charge on any atom is -0.310 e. The molecule has 1 amide bonds. The number of anilines is 1. The van der Waals surface area contributed by atoms with Gasteiger partial charge in [0.05, 0.1) is 22.3 Å². The van der Waals surface area contributed by atoms with Crippen LogP contribution in [0.3, 0.4) is 0 Å². The molecule has 0 saturated carbocycles. The van der Waals surface area contributed by atoms with Gasteiger partial charge >= 0.3 is 0 Å². The number of rotatable bonds is 3. The number of carbonyl (C=O) groups excluding carboxylic acids is 1. The average molecular weight is 352 g/mol. The van der Waals surface area contributed by atoms with Crippen molar-refractivity contribution >= 4 is 32.6 Å². The fraction of sp³-hybridized carbons (Fsp3) is 0.294. The molecular weight excluding hydrogens is 336 g/mol. The van der Waals surface area contributed by atoms with E-state index in [4.69, 9.17) is 5.26 Å². The summed E-state index contributed by atoms with van der Waals surface area (Å²) in [6.07, 6.45) is 6.58. The Balaban J connectivity index is 1.53. The molecule has 1 aromatic carbocycles. The number of amides is 1. The van der Waals surface area contributed by atoms with Gasteiger partial charge in [0.25, 0.3) is 0 Å².